The van der Waals surface area contributed by atoms with Crippen molar-refractivity contribution in [2.24, 2.45) is 0 Å². The van der Waals surface area contributed by atoms with Crippen LogP contribution in [0.2, 0.25) is 5.02 Å². The first kappa shape index (κ1) is 20.7. The fraction of sp³-hybridized carbons (Fsp3) is 0.261. The van der Waals surface area contributed by atoms with Crippen molar-refractivity contribution in [1.82, 2.24) is 4.90 Å². The maximum Gasteiger partial charge on any atom is 0.289 e. The van der Waals surface area contributed by atoms with Gasteiger partial charge in [0, 0.05) is 47.7 Å². The largest absolute Gasteiger partial charge is 0.455 e. The SMILES string of the molecule is O=C(c1ccc(CS(=O)Cc2ccccc2Cl)o1)N1CCN(c2ccccc2)CC1. The summed E-state index contributed by atoms with van der Waals surface area (Å²) in [5, 5.41) is 0.607. The van der Waals surface area contributed by atoms with Crippen LogP contribution in [0.4, 0.5) is 5.69 Å². The van der Waals surface area contributed by atoms with Gasteiger partial charge < -0.3 is 14.2 Å². The standard InChI is InChI=1S/C23H23ClN2O3S/c24-21-9-5-4-6-18(21)16-30(28)17-20-10-11-22(29-20)23(27)26-14-12-25(13-15-26)19-7-2-1-3-8-19/h1-11H,12-17H2. The van der Waals surface area contributed by atoms with Crippen molar-refractivity contribution in [2.45, 2.75) is 11.5 Å². The van der Waals surface area contributed by atoms with Crippen LogP contribution in [0.25, 0.3) is 0 Å². The molecule has 5 nitrogen and oxygen atoms in total. The lowest BCUT2D eigenvalue weighted by atomic mass is 10.2. The summed E-state index contributed by atoms with van der Waals surface area (Å²) in [5.74, 6) is 1.33. The van der Waals surface area contributed by atoms with Gasteiger partial charge in [0.05, 0.1) is 11.5 Å². The van der Waals surface area contributed by atoms with Gasteiger partial charge >= 0.3 is 0 Å². The van der Waals surface area contributed by atoms with Crippen LogP contribution in [0, 0.1) is 0 Å². The molecule has 1 aliphatic heterocycles. The molecule has 1 fully saturated rings. The molecule has 1 saturated heterocycles. The van der Waals surface area contributed by atoms with E-state index < -0.39 is 10.8 Å². The number of benzene rings is 2. The van der Waals surface area contributed by atoms with Gasteiger partial charge in [0.1, 0.15) is 5.76 Å². The van der Waals surface area contributed by atoms with E-state index in [-0.39, 0.29) is 11.7 Å². The van der Waals surface area contributed by atoms with Gasteiger partial charge in [-0.15, -0.1) is 0 Å². The quantitative estimate of drug-likeness (QED) is 0.569. The maximum atomic E-state index is 12.8. The zero-order valence-corrected chi connectivity index (χ0v) is 18.1. The van der Waals surface area contributed by atoms with E-state index in [2.05, 4.69) is 17.0 Å². The van der Waals surface area contributed by atoms with Crippen LogP contribution in [0.15, 0.2) is 71.1 Å². The molecule has 1 unspecified atom stereocenters. The minimum Gasteiger partial charge on any atom is -0.455 e. The van der Waals surface area contributed by atoms with Crippen LogP contribution in [0.1, 0.15) is 21.9 Å². The fourth-order valence-electron chi connectivity index (χ4n) is 3.53. The first-order valence-corrected chi connectivity index (χ1v) is 11.7. The van der Waals surface area contributed by atoms with E-state index in [1.807, 2.05) is 41.3 Å². The average molecular weight is 443 g/mol. The molecule has 2 aromatic carbocycles. The molecule has 7 heteroatoms. The Morgan fingerprint density at radius 2 is 1.60 bits per heavy atom. The van der Waals surface area contributed by atoms with Crippen molar-refractivity contribution in [3.63, 3.8) is 0 Å². The van der Waals surface area contributed by atoms with Crippen molar-refractivity contribution >= 4 is 34.0 Å². The highest BCUT2D eigenvalue weighted by molar-refractivity contribution is 7.83. The number of rotatable bonds is 6. The molecule has 30 heavy (non-hydrogen) atoms. The Hall–Kier alpha value is -2.57. The van der Waals surface area contributed by atoms with Gasteiger partial charge in [0.15, 0.2) is 5.76 Å². The molecule has 2 heterocycles. The third-order valence-corrected chi connectivity index (χ3v) is 6.75. The molecule has 3 aromatic rings. The van der Waals surface area contributed by atoms with Gasteiger partial charge in [0.2, 0.25) is 0 Å². The van der Waals surface area contributed by atoms with Crippen LogP contribution in [-0.4, -0.2) is 41.2 Å². The van der Waals surface area contributed by atoms with Crippen LogP contribution in [0.5, 0.6) is 0 Å². The number of carbonyl (C=O) groups is 1. The molecular weight excluding hydrogens is 420 g/mol. The van der Waals surface area contributed by atoms with E-state index in [1.165, 1.54) is 5.69 Å². The van der Waals surface area contributed by atoms with Crippen molar-refractivity contribution in [3.8, 4) is 0 Å². The van der Waals surface area contributed by atoms with Crippen molar-refractivity contribution in [3.05, 3.63) is 88.8 Å². The second-order valence-electron chi connectivity index (χ2n) is 7.20. The molecule has 4 rings (SSSR count). The van der Waals surface area contributed by atoms with Crippen molar-refractivity contribution < 1.29 is 13.4 Å². The van der Waals surface area contributed by atoms with Gasteiger partial charge in [-0.2, -0.15) is 0 Å². The first-order chi connectivity index (χ1) is 14.6. The van der Waals surface area contributed by atoms with Crippen molar-refractivity contribution in [1.29, 1.82) is 0 Å². The van der Waals surface area contributed by atoms with E-state index in [0.717, 1.165) is 18.7 Å². The van der Waals surface area contributed by atoms with Crippen molar-refractivity contribution in [2.75, 3.05) is 31.1 Å². The molecule has 156 valence electrons. The van der Waals surface area contributed by atoms with Crippen LogP contribution < -0.4 is 4.90 Å². The fourth-order valence-corrected chi connectivity index (χ4v) is 4.99. The van der Waals surface area contributed by atoms with Gasteiger partial charge in [-0.05, 0) is 35.9 Å². The minimum atomic E-state index is -1.17. The van der Waals surface area contributed by atoms with E-state index in [1.54, 1.807) is 18.2 Å². The van der Waals surface area contributed by atoms with Gasteiger partial charge in [-0.3, -0.25) is 9.00 Å². The number of halogens is 1. The Kier molecular flexibility index (Phi) is 6.55. The van der Waals surface area contributed by atoms with E-state index >= 15 is 0 Å². The number of hydrogen-bond acceptors (Lipinski definition) is 4. The summed E-state index contributed by atoms with van der Waals surface area (Å²) in [4.78, 5) is 16.9. The molecule has 0 radical (unpaired) electrons. The highest BCUT2D eigenvalue weighted by Crippen LogP contribution is 2.20. The van der Waals surface area contributed by atoms with Crippen LogP contribution in [-0.2, 0) is 22.3 Å². The Bertz CT molecular complexity index is 1030. The van der Waals surface area contributed by atoms with E-state index in [0.29, 0.717) is 35.4 Å². The zero-order chi connectivity index (χ0) is 20.9. The summed E-state index contributed by atoms with van der Waals surface area (Å²) in [7, 11) is -1.17. The van der Waals surface area contributed by atoms with E-state index in [4.69, 9.17) is 16.0 Å². The van der Waals surface area contributed by atoms with Gasteiger partial charge in [-0.1, -0.05) is 48.0 Å². The predicted octanol–water partition coefficient (Wildman–Crippen LogP) is 4.34. The zero-order valence-electron chi connectivity index (χ0n) is 16.5. The Labute approximate surface area is 183 Å². The van der Waals surface area contributed by atoms with E-state index in [9.17, 15) is 9.00 Å². The van der Waals surface area contributed by atoms with Gasteiger partial charge in [-0.25, -0.2) is 0 Å². The third-order valence-electron chi connectivity index (χ3n) is 5.14. The molecule has 1 aromatic heterocycles. The number of hydrogen-bond donors (Lipinski definition) is 0. The number of para-hydroxylation sites is 1. The summed E-state index contributed by atoms with van der Waals surface area (Å²) in [6.07, 6.45) is 0. The van der Waals surface area contributed by atoms with Crippen LogP contribution in [0.3, 0.4) is 0 Å². The smallest absolute Gasteiger partial charge is 0.289 e. The summed E-state index contributed by atoms with van der Waals surface area (Å²) < 4.78 is 18.2. The second kappa shape index (κ2) is 9.49. The lowest BCUT2D eigenvalue weighted by Gasteiger charge is -2.35. The van der Waals surface area contributed by atoms with Gasteiger partial charge in [0.25, 0.3) is 5.91 Å². The topological polar surface area (TPSA) is 53.8 Å². The molecule has 0 aliphatic carbocycles. The molecular formula is C23H23ClN2O3S. The normalized spacial score (nSPS) is 15.2. The maximum absolute atomic E-state index is 12.8. The number of furan rings is 1. The number of piperazine rings is 1. The number of carbonyl (C=O) groups excluding carboxylic acids is 1. The second-order valence-corrected chi connectivity index (χ2v) is 9.06. The number of anilines is 1. The predicted molar refractivity (Wildman–Crippen MR) is 120 cm³/mol. The average Bonchev–Trinajstić information content (AvgIpc) is 3.24. The number of nitrogens with zero attached hydrogens (tertiary/aromatic N) is 2. The third kappa shape index (κ3) is 4.94. The molecule has 0 saturated carbocycles. The Morgan fingerprint density at radius 1 is 0.900 bits per heavy atom. The molecule has 1 aliphatic rings. The lowest BCUT2D eigenvalue weighted by Crippen LogP contribution is -2.48. The molecule has 1 atom stereocenters. The summed E-state index contributed by atoms with van der Waals surface area (Å²) in [6.45, 7) is 2.85. The molecule has 0 N–H and O–H groups in total. The number of amides is 1. The van der Waals surface area contributed by atoms with Crippen LogP contribution >= 0.6 is 11.6 Å². The Balaban J connectivity index is 1.32. The molecule has 0 spiro atoms. The summed E-state index contributed by atoms with van der Waals surface area (Å²) >= 11 is 6.14. The highest BCUT2D eigenvalue weighted by atomic mass is 35.5. The minimum absolute atomic E-state index is 0.120. The first-order valence-electron chi connectivity index (χ1n) is 9.86. The highest BCUT2D eigenvalue weighted by Gasteiger charge is 2.24. The monoisotopic (exact) mass is 442 g/mol. The summed E-state index contributed by atoms with van der Waals surface area (Å²) in [6, 6.07) is 21.0. The summed E-state index contributed by atoms with van der Waals surface area (Å²) in [5.41, 5.74) is 2.02. The lowest BCUT2D eigenvalue weighted by molar-refractivity contribution is 0.0713. The molecule has 0 bridgehead atoms. The Morgan fingerprint density at radius 3 is 2.33 bits per heavy atom. The molecule has 1 amide bonds.